The van der Waals surface area contributed by atoms with Crippen LogP contribution in [-0.2, 0) is 0 Å². The van der Waals surface area contributed by atoms with Crippen LogP contribution in [0.15, 0.2) is 55.5 Å². The summed E-state index contributed by atoms with van der Waals surface area (Å²) in [6, 6.07) is 7.68. The minimum absolute atomic E-state index is 0.596. The lowest BCUT2D eigenvalue weighted by Crippen LogP contribution is -1.93. The van der Waals surface area contributed by atoms with E-state index >= 15 is 0 Å². The van der Waals surface area contributed by atoms with Gasteiger partial charge < -0.3 is 0 Å². The van der Waals surface area contributed by atoms with Crippen LogP contribution >= 0.6 is 0 Å². The van der Waals surface area contributed by atoms with Crippen LogP contribution in [0.1, 0.15) is 0 Å². The molecule has 0 atom stereocenters. The molecule has 0 amide bonds. The largest absolute Gasteiger partial charge is 0.264 e. The molecule has 0 bridgehead atoms. The summed E-state index contributed by atoms with van der Waals surface area (Å²) in [4.78, 5) is 20.6. The van der Waals surface area contributed by atoms with Gasteiger partial charge in [0.05, 0.1) is 5.69 Å². The molecule has 3 rings (SSSR count). The van der Waals surface area contributed by atoms with Crippen LogP contribution in [0.3, 0.4) is 0 Å². The van der Waals surface area contributed by atoms with Crippen molar-refractivity contribution in [3.05, 3.63) is 55.5 Å². The van der Waals surface area contributed by atoms with Gasteiger partial charge in [-0.1, -0.05) is 6.07 Å². The molecule has 3 aromatic heterocycles. The van der Waals surface area contributed by atoms with E-state index in [1.807, 2.05) is 24.3 Å². The molecular weight excluding hydrogens is 226 g/mol. The first-order chi connectivity index (χ1) is 8.95. The molecule has 0 spiro atoms. The smallest absolute Gasteiger partial charge is 0.164 e. The van der Waals surface area contributed by atoms with E-state index in [1.54, 1.807) is 18.6 Å². The number of pyridine rings is 2. The standard InChI is InChI=1S/C13H9N5/c1-2-5-16-12(3-1)10-4-6-14-7-11(10)13-17-8-15-9-18-13/h1-9H. The highest BCUT2D eigenvalue weighted by Crippen LogP contribution is 2.26. The molecule has 18 heavy (non-hydrogen) atoms. The van der Waals surface area contributed by atoms with E-state index in [4.69, 9.17) is 0 Å². The monoisotopic (exact) mass is 235 g/mol. The van der Waals surface area contributed by atoms with Crippen molar-refractivity contribution in [3.8, 4) is 22.6 Å². The fraction of sp³-hybridized carbons (Fsp3) is 0. The first kappa shape index (κ1) is 10.5. The van der Waals surface area contributed by atoms with Gasteiger partial charge in [0, 0.05) is 29.7 Å². The highest BCUT2D eigenvalue weighted by Gasteiger charge is 2.09. The van der Waals surface area contributed by atoms with E-state index in [0.717, 1.165) is 16.8 Å². The molecular formula is C13H9N5. The summed E-state index contributed by atoms with van der Waals surface area (Å²) in [5.41, 5.74) is 2.67. The van der Waals surface area contributed by atoms with E-state index in [1.165, 1.54) is 12.7 Å². The fourth-order valence-corrected chi connectivity index (χ4v) is 1.70. The van der Waals surface area contributed by atoms with E-state index in [2.05, 4.69) is 24.9 Å². The zero-order valence-corrected chi connectivity index (χ0v) is 9.43. The van der Waals surface area contributed by atoms with Crippen molar-refractivity contribution >= 4 is 0 Å². The zero-order valence-electron chi connectivity index (χ0n) is 9.43. The molecule has 0 fully saturated rings. The highest BCUT2D eigenvalue weighted by atomic mass is 15.0. The Kier molecular flexibility index (Phi) is 2.71. The molecule has 0 aromatic carbocycles. The quantitative estimate of drug-likeness (QED) is 0.679. The van der Waals surface area contributed by atoms with Crippen LogP contribution in [-0.4, -0.2) is 24.9 Å². The van der Waals surface area contributed by atoms with Crippen LogP contribution in [0, 0.1) is 0 Å². The van der Waals surface area contributed by atoms with Gasteiger partial charge in [0.15, 0.2) is 5.82 Å². The Morgan fingerprint density at radius 3 is 2.39 bits per heavy atom. The number of aromatic nitrogens is 5. The number of rotatable bonds is 2. The fourth-order valence-electron chi connectivity index (χ4n) is 1.70. The molecule has 86 valence electrons. The van der Waals surface area contributed by atoms with Crippen LogP contribution in [0.4, 0.5) is 0 Å². The van der Waals surface area contributed by atoms with E-state index in [-0.39, 0.29) is 0 Å². The van der Waals surface area contributed by atoms with Crippen molar-refractivity contribution in [1.29, 1.82) is 0 Å². The zero-order chi connectivity index (χ0) is 12.2. The summed E-state index contributed by atoms with van der Waals surface area (Å²) in [5.74, 6) is 0.596. The lowest BCUT2D eigenvalue weighted by Gasteiger charge is -2.06. The second-order valence-corrected chi connectivity index (χ2v) is 3.60. The van der Waals surface area contributed by atoms with Crippen LogP contribution < -0.4 is 0 Å². The SMILES string of the molecule is c1ccc(-c2ccncc2-c2ncncn2)nc1. The minimum atomic E-state index is 0.596. The lowest BCUT2D eigenvalue weighted by atomic mass is 10.1. The average molecular weight is 235 g/mol. The van der Waals surface area contributed by atoms with Crippen molar-refractivity contribution in [1.82, 2.24) is 24.9 Å². The second kappa shape index (κ2) is 4.67. The molecule has 0 aliphatic carbocycles. The van der Waals surface area contributed by atoms with Crippen molar-refractivity contribution < 1.29 is 0 Å². The van der Waals surface area contributed by atoms with Gasteiger partial charge in [0.25, 0.3) is 0 Å². The third-order valence-corrected chi connectivity index (χ3v) is 2.50. The molecule has 3 aromatic rings. The molecule has 0 N–H and O–H groups in total. The predicted octanol–water partition coefficient (Wildman–Crippen LogP) is 2.00. The van der Waals surface area contributed by atoms with Gasteiger partial charge in [-0.15, -0.1) is 0 Å². The topological polar surface area (TPSA) is 64.5 Å². The van der Waals surface area contributed by atoms with E-state index in [0.29, 0.717) is 5.82 Å². The Bertz CT molecular complexity index is 581. The van der Waals surface area contributed by atoms with Crippen LogP contribution in [0.5, 0.6) is 0 Å². The third-order valence-electron chi connectivity index (χ3n) is 2.50. The Hall–Kier alpha value is -2.69. The summed E-state index contributed by atoms with van der Waals surface area (Å²) in [6.45, 7) is 0. The second-order valence-electron chi connectivity index (χ2n) is 3.60. The molecule has 0 aliphatic rings. The van der Waals surface area contributed by atoms with Crippen molar-refractivity contribution in [2.24, 2.45) is 0 Å². The van der Waals surface area contributed by atoms with Crippen molar-refractivity contribution in [2.75, 3.05) is 0 Å². The summed E-state index contributed by atoms with van der Waals surface area (Å²) in [7, 11) is 0. The summed E-state index contributed by atoms with van der Waals surface area (Å²) in [6.07, 6.45) is 8.16. The molecule has 3 heterocycles. The van der Waals surface area contributed by atoms with E-state index in [9.17, 15) is 0 Å². The first-order valence-corrected chi connectivity index (χ1v) is 5.43. The summed E-state index contributed by atoms with van der Waals surface area (Å²) >= 11 is 0. The predicted molar refractivity (Wildman–Crippen MR) is 66.3 cm³/mol. The normalized spacial score (nSPS) is 10.2. The number of hydrogen-bond acceptors (Lipinski definition) is 5. The van der Waals surface area contributed by atoms with Gasteiger partial charge in [-0.2, -0.15) is 0 Å². The summed E-state index contributed by atoms with van der Waals surface area (Å²) < 4.78 is 0. The Morgan fingerprint density at radius 2 is 1.61 bits per heavy atom. The number of hydrogen-bond donors (Lipinski definition) is 0. The Labute approximate surface area is 104 Å². The maximum atomic E-state index is 4.34. The van der Waals surface area contributed by atoms with Gasteiger partial charge in [-0.3, -0.25) is 9.97 Å². The maximum absolute atomic E-state index is 4.34. The van der Waals surface area contributed by atoms with Crippen molar-refractivity contribution in [3.63, 3.8) is 0 Å². The van der Waals surface area contributed by atoms with Gasteiger partial charge >= 0.3 is 0 Å². The van der Waals surface area contributed by atoms with Crippen LogP contribution in [0.25, 0.3) is 22.6 Å². The molecule has 0 radical (unpaired) electrons. The Balaban J connectivity index is 2.18. The van der Waals surface area contributed by atoms with Gasteiger partial charge in [-0.05, 0) is 18.2 Å². The third kappa shape index (κ3) is 1.93. The van der Waals surface area contributed by atoms with Gasteiger partial charge in [0.1, 0.15) is 12.7 Å². The van der Waals surface area contributed by atoms with Gasteiger partial charge in [-0.25, -0.2) is 15.0 Å². The molecule has 0 saturated heterocycles. The summed E-state index contributed by atoms with van der Waals surface area (Å²) in [5, 5.41) is 0. The molecule has 5 nitrogen and oxygen atoms in total. The molecule has 0 saturated carbocycles. The first-order valence-electron chi connectivity index (χ1n) is 5.43. The van der Waals surface area contributed by atoms with Crippen molar-refractivity contribution in [2.45, 2.75) is 0 Å². The molecule has 0 aliphatic heterocycles. The lowest BCUT2D eigenvalue weighted by molar-refractivity contribution is 1.05. The average Bonchev–Trinajstić information content (AvgIpc) is 2.49. The highest BCUT2D eigenvalue weighted by molar-refractivity contribution is 5.77. The van der Waals surface area contributed by atoms with E-state index < -0.39 is 0 Å². The molecule has 0 unspecified atom stereocenters. The van der Waals surface area contributed by atoms with Crippen LogP contribution in [0.2, 0.25) is 0 Å². The Morgan fingerprint density at radius 1 is 0.722 bits per heavy atom. The minimum Gasteiger partial charge on any atom is -0.264 e. The molecule has 5 heteroatoms. The maximum Gasteiger partial charge on any atom is 0.164 e. The number of nitrogens with zero attached hydrogens (tertiary/aromatic N) is 5. The van der Waals surface area contributed by atoms with Gasteiger partial charge in [0.2, 0.25) is 0 Å².